The number of piperidine rings is 1. The first-order valence-corrected chi connectivity index (χ1v) is 13.5. The minimum Gasteiger partial charge on any atom is -0.476 e. The predicted octanol–water partition coefficient (Wildman–Crippen LogP) is 4.07. The summed E-state index contributed by atoms with van der Waals surface area (Å²) < 4.78 is 5.96. The number of nitrogens with zero attached hydrogens (tertiary/aromatic N) is 3. The molecule has 0 spiro atoms. The third-order valence-electron chi connectivity index (χ3n) is 7.58. The van der Waals surface area contributed by atoms with Crippen molar-refractivity contribution in [3.8, 4) is 5.75 Å². The SMILES string of the molecule is CC(C)(Oc1ccc(Cl)cc1Cl)C(=O)NC1C[C@H]2CC[C@@H](C1)N2c1ccc(C(=O)N2CC[C@H](O)C2)cn1. The van der Waals surface area contributed by atoms with E-state index in [9.17, 15) is 14.7 Å². The van der Waals surface area contributed by atoms with Gasteiger partial charge in [0.15, 0.2) is 5.60 Å². The maximum Gasteiger partial charge on any atom is 0.263 e. The fourth-order valence-electron chi connectivity index (χ4n) is 5.68. The van der Waals surface area contributed by atoms with E-state index in [4.69, 9.17) is 27.9 Å². The number of halogens is 2. The number of ether oxygens (including phenoxy) is 1. The molecule has 8 nitrogen and oxygen atoms in total. The van der Waals surface area contributed by atoms with E-state index in [1.807, 2.05) is 12.1 Å². The molecule has 5 rings (SSSR count). The number of nitrogens with one attached hydrogen (secondary N) is 1. The van der Waals surface area contributed by atoms with Gasteiger partial charge in [-0.3, -0.25) is 9.59 Å². The molecule has 10 heteroatoms. The van der Waals surface area contributed by atoms with Gasteiger partial charge >= 0.3 is 0 Å². The van der Waals surface area contributed by atoms with Gasteiger partial charge in [-0.25, -0.2) is 4.98 Å². The summed E-state index contributed by atoms with van der Waals surface area (Å²) in [6.07, 6.45) is 5.50. The Morgan fingerprint density at radius 2 is 1.84 bits per heavy atom. The van der Waals surface area contributed by atoms with Crippen LogP contribution in [0.2, 0.25) is 10.0 Å². The molecule has 3 fully saturated rings. The summed E-state index contributed by atoms with van der Waals surface area (Å²) in [5.74, 6) is 0.987. The first kappa shape index (κ1) is 26.1. The number of carbonyl (C=O) groups excluding carboxylic acids is 2. The highest BCUT2D eigenvalue weighted by atomic mass is 35.5. The fraction of sp³-hybridized carbons (Fsp3) is 0.519. The standard InChI is InChI=1S/C27H32Cl2N4O4/c1-27(2,37-23-7-4-17(28)11-22(23)29)26(36)31-18-12-19-5-6-20(13-18)33(19)24-8-3-16(14-30-24)25(35)32-10-9-21(34)15-32/h3-4,7-8,11,14,18-21,34H,5-6,9-10,12-13,15H2,1-2H3,(H,31,36)/t18?,19-,20+,21-/m0/s1. The van der Waals surface area contributed by atoms with Gasteiger partial charge in [-0.1, -0.05) is 23.2 Å². The zero-order valence-corrected chi connectivity index (χ0v) is 22.5. The van der Waals surface area contributed by atoms with Crippen LogP contribution >= 0.6 is 23.2 Å². The third-order valence-corrected chi connectivity index (χ3v) is 8.11. The number of benzene rings is 1. The lowest BCUT2D eigenvalue weighted by Crippen LogP contribution is -2.55. The van der Waals surface area contributed by atoms with Crippen molar-refractivity contribution < 1.29 is 19.4 Å². The molecule has 198 valence electrons. The number of likely N-dealkylation sites (tertiary alicyclic amines) is 1. The van der Waals surface area contributed by atoms with Crippen LogP contribution in [0.4, 0.5) is 5.82 Å². The van der Waals surface area contributed by atoms with Crippen LogP contribution in [0.5, 0.6) is 5.75 Å². The summed E-state index contributed by atoms with van der Waals surface area (Å²) in [5, 5.41) is 13.8. The van der Waals surface area contributed by atoms with Crippen molar-refractivity contribution in [2.45, 2.75) is 75.8 Å². The van der Waals surface area contributed by atoms with E-state index in [0.717, 1.165) is 31.5 Å². The van der Waals surface area contributed by atoms with E-state index >= 15 is 0 Å². The topological polar surface area (TPSA) is 95.0 Å². The van der Waals surface area contributed by atoms with Crippen LogP contribution in [0.3, 0.4) is 0 Å². The molecule has 2 aromatic rings. The van der Waals surface area contributed by atoms with E-state index in [0.29, 0.717) is 40.9 Å². The maximum atomic E-state index is 13.1. The number of anilines is 1. The average molecular weight is 547 g/mol. The van der Waals surface area contributed by atoms with Crippen LogP contribution in [0.25, 0.3) is 0 Å². The van der Waals surface area contributed by atoms with Gasteiger partial charge in [-0.2, -0.15) is 0 Å². The Labute approximate surface area is 226 Å². The first-order valence-electron chi connectivity index (χ1n) is 12.8. The Hall–Kier alpha value is -2.55. The molecule has 1 unspecified atom stereocenters. The molecule has 1 aromatic heterocycles. The van der Waals surface area contributed by atoms with Crippen molar-refractivity contribution in [2.24, 2.45) is 0 Å². The summed E-state index contributed by atoms with van der Waals surface area (Å²) in [5.41, 5.74) is -0.571. The van der Waals surface area contributed by atoms with Gasteiger partial charge in [0, 0.05) is 42.4 Å². The van der Waals surface area contributed by atoms with Gasteiger partial charge in [0.05, 0.1) is 16.7 Å². The summed E-state index contributed by atoms with van der Waals surface area (Å²) in [6, 6.07) is 9.24. The highest BCUT2D eigenvalue weighted by Crippen LogP contribution is 2.39. The van der Waals surface area contributed by atoms with E-state index in [-0.39, 0.29) is 29.9 Å². The second kappa shape index (κ2) is 10.3. The van der Waals surface area contributed by atoms with Crippen molar-refractivity contribution in [1.82, 2.24) is 15.2 Å². The second-order valence-corrected chi connectivity index (χ2v) is 11.6. The average Bonchev–Trinajstić information content (AvgIpc) is 3.41. The molecule has 4 heterocycles. The molecular formula is C27H32Cl2N4O4. The molecule has 2 amide bonds. The Balaban J connectivity index is 1.20. The molecular weight excluding hydrogens is 515 g/mol. The first-order chi connectivity index (χ1) is 17.6. The molecule has 37 heavy (non-hydrogen) atoms. The molecule has 0 radical (unpaired) electrons. The molecule has 3 saturated heterocycles. The Bertz CT molecular complexity index is 1160. The number of aliphatic hydroxyl groups is 1. The molecule has 3 aliphatic rings. The van der Waals surface area contributed by atoms with E-state index < -0.39 is 11.7 Å². The van der Waals surface area contributed by atoms with Gasteiger partial charge in [-0.15, -0.1) is 0 Å². The van der Waals surface area contributed by atoms with Crippen molar-refractivity contribution in [2.75, 3.05) is 18.0 Å². The number of rotatable bonds is 6. The molecule has 0 aliphatic carbocycles. The van der Waals surface area contributed by atoms with Gasteiger partial charge in [0.1, 0.15) is 11.6 Å². The summed E-state index contributed by atoms with van der Waals surface area (Å²) >= 11 is 12.2. The lowest BCUT2D eigenvalue weighted by molar-refractivity contribution is -0.135. The number of β-amino-alcohol motifs (C(OH)–C–C–N with tert-alkyl or cyclic N) is 1. The zero-order valence-electron chi connectivity index (χ0n) is 21.0. The normalized spacial score (nSPS) is 25.3. The van der Waals surface area contributed by atoms with Crippen molar-refractivity contribution >= 4 is 40.8 Å². The van der Waals surface area contributed by atoms with Crippen LogP contribution in [0.15, 0.2) is 36.5 Å². The van der Waals surface area contributed by atoms with Crippen LogP contribution in [0.1, 0.15) is 56.3 Å². The largest absolute Gasteiger partial charge is 0.476 e. The molecule has 1 aromatic carbocycles. The quantitative estimate of drug-likeness (QED) is 0.567. The van der Waals surface area contributed by atoms with Crippen LogP contribution in [0, 0.1) is 0 Å². The third kappa shape index (κ3) is 5.52. The lowest BCUT2D eigenvalue weighted by Gasteiger charge is -2.41. The zero-order chi connectivity index (χ0) is 26.3. The number of aromatic nitrogens is 1. The fourth-order valence-corrected chi connectivity index (χ4v) is 6.13. The molecule has 3 aliphatic heterocycles. The van der Waals surface area contributed by atoms with E-state index in [1.165, 1.54) is 0 Å². The highest BCUT2D eigenvalue weighted by molar-refractivity contribution is 6.35. The summed E-state index contributed by atoms with van der Waals surface area (Å²) in [4.78, 5) is 34.5. The molecule has 2 bridgehead atoms. The molecule has 2 N–H and O–H groups in total. The molecule has 0 saturated carbocycles. The number of pyridine rings is 1. The van der Waals surface area contributed by atoms with Crippen LogP contribution < -0.4 is 15.0 Å². The number of fused-ring (bicyclic) bond motifs is 2. The summed E-state index contributed by atoms with van der Waals surface area (Å²) in [7, 11) is 0. The number of aliphatic hydroxyl groups excluding tert-OH is 1. The Morgan fingerprint density at radius 3 is 2.43 bits per heavy atom. The number of amides is 2. The minimum absolute atomic E-state index is 0.0345. The van der Waals surface area contributed by atoms with Crippen molar-refractivity contribution in [1.29, 1.82) is 0 Å². The monoisotopic (exact) mass is 546 g/mol. The maximum absolute atomic E-state index is 13.1. The molecule has 4 atom stereocenters. The van der Waals surface area contributed by atoms with Crippen LogP contribution in [-0.2, 0) is 4.79 Å². The van der Waals surface area contributed by atoms with Gasteiger partial charge < -0.3 is 25.0 Å². The highest BCUT2D eigenvalue weighted by Gasteiger charge is 2.43. The number of hydrogen-bond acceptors (Lipinski definition) is 6. The summed E-state index contributed by atoms with van der Waals surface area (Å²) in [6.45, 7) is 4.40. The number of carbonyl (C=O) groups is 2. The van der Waals surface area contributed by atoms with E-state index in [1.54, 1.807) is 43.1 Å². The lowest BCUT2D eigenvalue weighted by atomic mass is 9.96. The van der Waals surface area contributed by atoms with E-state index in [2.05, 4.69) is 15.2 Å². The van der Waals surface area contributed by atoms with Gasteiger partial charge in [0.25, 0.3) is 11.8 Å². The van der Waals surface area contributed by atoms with Crippen molar-refractivity contribution in [3.05, 3.63) is 52.1 Å². The van der Waals surface area contributed by atoms with Gasteiger partial charge in [0.2, 0.25) is 0 Å². The van der Waals surface area contributed by atoms with Crippen molar-refractivity contribution in [3.63, 3.8) is 0 Å². The second-order valence-electron chi connectivity index (χ2n) is 10.7. The predicted molar refractivity (Wildman–Crippen MR) is 142 cm³/mol. The Kier molecular flexibility index (Phi) is 7.27. The smallest absolute Gasteiger partial charge is 0.263 e. The minimum atomic E-state index is -1.11. The van der Waals surface area contributed by atoms with Gasteiger partial charge in [-0.05, 0) is 76.3 Å². The Morgan fingerprint density at radius 1 is 1.11 bits per heavy atom. The van der Waals surface area contributed by atoms with Crippen LogP contribution in [-0.4, -0.2) is 69.7 Å². The number of hydrogen-bond donors (Lipinski definition) is 2.